The van der Waals surface area contributed by atoms with Gasteiger partial charge in [0.25, 0.3) is 5.91 Å². The molecule has 0 saturated carbocycles. The molecule has 1 amide bonds. The van der Waals surface area contributed by atoms with E-state index in [0.717, 1.165) is 16.9 Å². The van der Waals surface area contributed by atoms with Crippen molar-refractivity contribution in [3.8, 4) is 5.75 Å². The Morgan fingerprint density at radius 2 is 1.71 bits per heavy atom. The number of benzene rings is 2. The van der Waals surface area contributed by atoms with E-state index in [4.69, 9.17) is 4.74 Å². The average Bonchev–Trinajstić information content (AvgIpc) is 2.67. The van der Waals surface area contributed by atoms with Crippen molar-refractivity contribution >= 4 is 5.91 Å². The molecule has 1 aromatic heterocycles. The van der Waals surface area contributed by atoms with Gasteiger partial charge in [-0.25, -0.2) is 0 Å². The minimum Gasteiger partial charge on any atom is -0.489 e. The number of amides is 1. The number of pyridine rings is 1. The lowest BCUT2D eigenvalue weighted by atomic mass is 10.2. The van der Waals surface area contributed by atoms with Gasteiger partial charge in [0, 0.05) is 18.9 Å². The summed E-state index contributed by atoms with van der Waals surface area (Å²) in [6.45, 7) is 1.00. The molecular weight excluding hydrogens is 300 g/mol. The molecule has 0 aliphatic carbocycles. The first-order valence-electron chi connectivity index (χ1n) is 7.75. The zero-order valence-corrected chi connectivity index (χ0v) is 13.2. The van der Waals surface area contributed by atoms with E-state index in [2.05, 4.69) is 10.3 Å². The molecule has 3 aromatic rings. The summed E-state index contributed by atoms with van der Waals surface area (Å²) in [5, 5.41) is 2.87. The van der Waals surface area contributed by atoms with Crippen molar-refractivity contribution < 1.29 is 9.53 Å². The molecule has 2 aromatic carbocycles. The maximum Gasteiger partial charge on any atom is 0.253 e. The van der Waals surface area contributed by atoms with Crippen LogP contribution < -0.4 is 10.1 Å². The van der Waals surface area contributed by atoms with Crippen LogP contribution in [-0.4, -0.2) is 10.9 Å². The SMILES string of the molecule is O=C(NCc1ccc(OCc2ccccc2)cc1)c1cccnc1. The smallest absolute Gasteiger partial charge is 0.253 e. The minimum atomic E-state index is -0.132. The summed E-state index contributed by atoms with van der Waals surface area (Å²) in [5.41, 5.74) is 2.70. The van der Waals surface area contributed by atoms with Crippen LogP contribution in [0.3, 0.4) is 0 Å². The lowest BCUT2D eigenvalue weighted by Gasteiger charge is -2.08. The van der Waals surface area contributed by atoms with Gasteiger partial charge < -0.3 is 10.1 Å². The number of carbonyl (C=O) groups is 1. The Morgan fingerprint density at radius 3 is 2.42 bits per heavy atom. The molecule has 24 heavy (non-hydrogen) atoms. The lowest BCUT2D eigenvalue weighted by molar-refractivity contribution is 0.0950. The standard InChI is InChI=1S/C20H18N2O2/c23-20(18-7-4-12-21-14-18)22-13-16-8-10-19(11-9-16)24-15-17-5-2-1-3-6-17/h1-12,14H,13,15H2,(H,22,23). The molecule has 4 heteroatoms. The van der Waals surface area contributed by atoms with E-state index in [1.165, 1.54) is 0 Å². The molecule has 0 bridgehead atoms. The van der Waals surface area contributed by atoms with E-state index in [-0.39, 0.29) is 5.91 Å². The maximum absolute atomic E-state index is 12.0. The first-order chi connectivity index (χ1) is 11.8. The number of nitrogens with one attached hydrogen (secondary N) is 1. The van der Waals surface area contributed by atoms with Crippen molar-refractivity contribution in [2.45, 2.75) is 13.2 Å². The summed E-state index contributed by atoms with van der Waals surface area (Å²) in [7, 11) is 0. The van der Waals surface area contributed by atoms with Crippen molar-refractivity contribution in [1.82, 2.24) is 10.3 Å². The van der Waals surface area contributed by atoms with E-state index < -0.39 is 0 Å². The van der Waals surface area contributed by atoms with E-state index in [0.29, 0.717) is 18.7 Å². The monoisotopic (exact) mass is 318 g/mol. The second-order valence-corrected chi connectivity index (χ2v) is 5.34. The Hall–Kier alpha value is -3.14. The van der Waals surface area contributed by atoms with Crippen molar-refractivity contribution in [3.05, 3.63) is 95.8 Å². The third-order valence-corrected chi connectivity index (χ3v) is 3.55. The van der Waals surface area contributed by atoms with Gasteiger partial charge in [-0.2, -0.15) is 0 Å². The molecule has 1 heterocycles. The molecule has 0 radical (unpaired) electrons. The molecule has 120 valence electrons. The molecular formula is C20H18N2O2. The van der Waals surface area contributed by atoms with Crippen LogP contribution in [0.2, 0.25) is 0 Å². The van der Waals surface area contributed by atoms with Gasteiger partial charge in [-0.05, 0) is 35.4 Å². The molecule has 0 spiro atoms. The number of rotatable bonds is 6. The number of ether oxygens (including phenoxy) is 1. The number of carbonyl (C=O) groups excluding carboxylic acids is 1. The molecule has 0 saturated heterocycles. The van der Waals surface area contributed by atoms with Crippen LogP contribution in [-0.2, 0) is 13.2 Å². The Balaban J connectivity index is 1.50. The summed E-state index contributed by atoms with van der Waals surface area (Å²) in [5.74, 6) is 0.675. The number of aromatic nitrogens is 1. The highest BCUT2D eigenvalue weighted by Crippen LogP contribution is 2.14. The van der Waals surface area contributed by atoms with Gasteiger partial charge in [-0.3, -0.25) is 9.78 Å². The normalized spacial score (nSPS) is 10.2. The van der Waals surface area contributed by atoms with Gasteiger partial charge in [0.2, 0.25) is 0 Å². The van der Waals surface area contributed by atoms with Gasteiger partial charge in [-0.15, -0.1) is 0 Å². The Labute approximate surface area is 141 Å². The Morgan fingerprint density at radius 1 is 0.917 bits per heavy atom. The van der Waals surface area contributed by atoms with Crippen LogP contribution >= 0.6 is 0 Å². The first kappa shape index (κ1) is 15.7. The maximum atomic E-state index is 12.0. The minimum absolute atomic E-state index is 0.132. The van der Waals surface area contributed by atoms with Crippen LogP contribution in [0.5, 0.6) is 5.75 Å². The van der Waals surface area contributed by atoms with Gasteiger partial charge in [0.1, 0.15) is 12.4 Å². The van der Waals surface area contributed by atoms with E-state index >= 15 is 0 Å². The molecule has 4 nitrogen and oxygen atoms in total. The van der Waals surface area contributed by atoms with Crippen LogP contribution in [0.1, 0.15) is 21.5 Å². The van der Waals surface area contributed by atoms with E-state index in [1.807, 2.05) is 54.6 Å². The molecule has 0 atom stereocenters. The molecule has 1 N–H and O–H groups in total. The van der Waals surface area contributed by atoms with E-state index in [1.54, 1.807) is 24.5 Å². The fourth-order valence-electron chi connectivity index (χ4n) is 2.23. The van der Waals surface area contributed by atoms with Crippen molar-refractivity contribution in [1.29, 1.82) is 0 Å². The quantitative estimate of drug-likeness (QED) is 0.755. The number of nitrogens with zero attached hydrogens (tertiary/aromatic N) is 1. The average molecular weight is 318 g/mol. The zero-order valence-electron chi connectivity index (χ0n) is 13.2. The van der Waals surface area contributed by atoms with Crippen LogP contribution in [0.15, 0.2) is 79.1 Å². The second kappa shape index (κ2) is 7.92. The van der Waals surface area contributed by atoms with Crippen LogP contribution in [0.4, 0.5) is 0 Å². The predicted molar refractivity (Wildman–Crippen MR) is 92.6 cm³/mol. The van der Waals surface area contributed by atoms with Crippen molar-refractivity contribution in [2.75, 3.05) is 0 Å². The van der Waals surface area contributed by atoms with Crippen molar-refractivity contribution in [2.24, 2.45) is 0 Å². The van der Waals surface area contributed by atoms with Gasteiger partial charge in [-0.1, -0.05) is 42.5 Å². The van der Waals surface area contributed by atoms with Gasteiger partial charge >= 0.3 is 0 Å². The Bertz CT molecular complexity index is 772. The van der Waals surface area contributed by atoms with Crippen molar-refractivity contribution in [3.63, 3.8) is 0 Å². The summed E-state index contributed by atoms with van der Waals surface area (Å²) < 4.78 is 5.75. The van der Waals surface area contributed by atoms with Gasteiger partial charge in [0.05, 0.1) is 5.56 Å². The fraction of sp³-hybridized carbons (Fsp3) is 0.100. The third-order valence-electron chi connectivity index (χ3n) is 3.55. The Kier molecular flexibility index (Phi) is 5.20. The lowest BCUT2D eigenvalue weighted by Crippen LogP contribution is -2.22. The molecule has 3 rings (SSSR count). The fourth-order valence-corrected chi connectivity index (χ4v) is 2.23. The predicted octanol–water partition coefficient (Wildman–Crippen LogP) is 3.59. The summed E-state index contributed by atoms with van der Waals surface area (Å²) in [6, 6.07) is 21.2. The van der Waals surface area contributed by atoms with Crippen LogP contribution in [0.25, 0.3) is 0 Å². The molecule has 0 fully saturated rings. The van der Waals surface area contributed by atoms with Crippen LogP contribution in [0, 0.1) is 0 Å². The molecule has 0 unspecified atom stereocenters. The molecule has 0 aliphatic rings. The number of hydrogen-bond acceptors (Lipinski definition) is 3. The highest BCUT2D eigenvalue weighted by Gasteiger charge is 2.04. The third kappa shape index (κ3) is 4.43. The zero-order chi connectivity index (χ0) is 16.6. The topological polar surface area (TPSA) is 51.2 Å². The summed E-state index contributed by atoms with van der Waals surface area (Å²) >= 11 is 0. The van der Waals surface area contributed by atoms with E-state index in [9.17, 15) is 4.79 Å². The number of hydrogen-bond donors (Lipinski definition) is 1. The first-order valence-corrected chi connectivity index (χ1v) is 7.75. The largest absolute Gasteiger partial charge is 0.489 e. The molecule has 0 aliphatic heterocycles. The van der Waals surface area contributed by atoms with Gasteiger partial charge in [0.15, 0.2) is 0 Å². The summed E-state index contributed by atoms with van der Waals surface area (Å²) in [6.07, 6.45) is 3.20. The second-order valence-electron chi connectivity index (χ2n) is 5.34. The highest BCUT2D eigenvalue weighted by molar-refractivity contribution is 5.93. The highest BCUT2D eigenvalue weighted by atomic mass is 16.5. The summed E-state index contributed by atoms with van der Waals surface area (Å²) in [4.78, 5) is 15.9.